The topological polar surface area (TPSA) is 52.1 Å². The zero-order chi connectivity index (χ0) is 21.5. The maximum absolute atomic E-state index is 13.0. The summed E-state index contributed by atoms with van der Waals surface area (Å²) in [4.78, 5) is 2.25. The van der Waals surface area contributed by atoms with Crippen molar-refractivity contribution in [2.75, 3.05) is 11.4 Å². The highest BCUT2D eigenvalue weighted by molar-refractivity contribution is 5.67. The number of nitrogens with zero attached hydrogens (tertiary/aromatic N) is 2. The highest BCUT2D eigenvalue weighted by Crippen LogP contribution is 2.38. The number of anilines is 1. The van der Waals surface area contributed by atoms with Crippen LogP contribution in [0.3, 0.4) is 0 Å². The number of H-pyrrole nitrogens is 1. The molecular formula is C23H24F3N3O. The van der Waals surface area contributed by atoms with E-state index in [4.69, 9.17) is 0 Å². The van der Waals surface area contributed by atoms with Gasteiger partial charge in [-0.2, -0.15) is 18.3 Å². The van der Waals surface area contributed by atoms with Gasteiger partial charge in [-0.05, 0) is 61.6 Å². The van der Waals surface area contributed by atoms with Crippen LogP contribution in [0, 0.1) is 6.92 Å². The molecule has 3 aromatic rings. The van der Waals surface area contributed by atoms with Crippen LogP contribution in [-0.4, -0.2) is 28.0 Å². The zero-order valence-corrected chi connectivity index (χ0v) is 16.9. The normalized spacial score (nSPS) is 16.3. The number of rotatable bonds is 4. The summed E-state index contributed by atoms with van der Waals surface area (Å²) in [6, 6.07) is 14.4. The molecule has 0 saturated heterocycles. The third-order valence-electron chi connectivity index (χ3n) is 5.74. The van der Waals surface area contributed by atoms with E-state index in [1.807, 2.05) is 13.0 Å². The van der Waals surface area contributed by atoms with Crippen LogP contribution >= 0.6 is 0 Å². The molecule has 0 spiro atoms. The number of aliphatic hydroxyl groups is 1. The first-order valence-electron chi connectivity index (χ1n) is 9.94. The van der Waals surface area contributed by atoms with E-state index in [0.717, 1.165) is 54.5 Å². The van der Waals surface area contributed by atoms with Gasteiger partial charge >= 0.3 is 6.18 Å². The Morgan fingerprint density at radius 3 is 2.47 bits per heavy atom. The van der Waals surface area contributed by atoms with E-state index in [-0.39, 0.29) is 5.56 Å². The van der Waals surface area contributed by atoms with Gasteiger partial charge in [-0.3, -0.25) is 5.10 Å². The SMILES string of the molecule is Cc1cc(-c2ccc3c(c2)CCCN3Cc2ccc(C(C)(O)C(F)(F)F)cc2)n[nH]1. The summed E-state index contributed by atoms with van der Waals surface area (Å²) in [5, 5.41) is 17.1. The van der Waals surface area contributed by atoms with Gasteiger partial charge in [0.25, 0.3) is 0 Å². The van der Waals surface area contributed by atoms with Gasteiger partial charge in [0.05, 0.1) is 5.69 Å². The van der Waals surface area contributed by atoms with E-state index in [1.165, 1.54) is 17.7 Å². The molecule has 1 aromatic heterocycles. The molecule has 7 heteroatoms. The Bertz CT molecular complexity index is 1040. The number of hydrogen-bond donors (Lipinski definition) is 2. The number of benzene rings is 2. The number of aromatic amines is 1. The van der Waals surface area contributed by atoms with Crippen LogP contribution in [-0.2, 0) is 18.6 Å². The van der Waals surface area contributed by atoms with Crippen molar-refractivity contribution in [2.45, 2.75) is 45.0 Å². The number of fused-ring (bicyclic) bond motifs is 1. The number of aryl methyl sites for hydroxylation is 2. The molecule has 158 valence electrons. The van der Waals surface area contributed by atoms with Crippen molar-refractivity contribution in [3.63, 3.8) is 0 Å². The maximum Gasteiger partial charge on any atom is 0.421 e. The number of alkyl halides is 3. The van der Waals surface area contributed by atoms with Crippen molar-refractivity contribution >= 4 is 5.69 Å². The largest absolute Gasteiger partial charge is 0.421 e. The van der Waals surface area contributed by atoms with Gasteiger partial charge in [-0.15, -0.1) is 0 Å². The van der Waals surface area contributed by atoms with Gasteiger partial charge in [0.1, 0.15) is 0 Å². The highest BCUT2D eigenvalue weighted by Gasteiger charge is 2.51. The molecule has 30 heavy (non-hydrogen) atoms. The summed E-state index contributed by atoms with van der Waals surface area (Å²) >= 11 is 0. The molecule has 2 aromatic carbocycles. The lowest BCUT2D eigenvalue weighted by molar-refractivity contribution is -0.258. The minimum Gasteiger partial charge on any atom is -0.376 e. The number of aromatic nitrogens is 2. The Balaban J connectivity index is 1.54. The van der Waals surface area contributed by atoms with Gasteiger partial charge in [0.2, 0.25) is 0 Å². The van der Waals surface area contributed by atoms with Gasteiger partial charge in [-0.1, -0.05) is 30.3 Å². The number of nitrogens with one attached hydrogen (secondary N) is 1. The molecule has 0 saturated carbocycles. The standard InChI is InChI=1S/C23H24F3N3O/c1-15-12-20(28-27-15)17-7-10-21-18(13-17)4-3-11-29(21)14-16-5-8-19(9-6-16)22(2,30)23(24,25)26/h5-10,12-13,30H,3-4,11,14H2,1-2H3,(H,27,28). The van der Waals surface area contributed by atoms with Crippen molar-refractivity contribution < 1.29 is 18.3 Å². The van der Waals surface area contributed by atoms with Gasteiger partial charge in [0.15, 0.2) is 5.60 Å². The summed E-state index contributed by atoms with van der Waals surface area (Å²) in [6.07, 6.45) is -2.72. The van der Waals surface area contributed by atoms with E-state index in [2.05, 4.69) is 33.3 Å². The van der Waals surface area contributed by atoms with Crippen LogP contribution in [0.4, 0.5) is 18.9 Å². The Labute approximate surface area is 173 Å². The second-order valence-corrected chi connectivity index (χ2v) is 8.07. The van der Waals surface area contributed by atoms with Gasteiger partial charge < -0.3 is 10.0 Å². The zero-order valence-electron chi connectivity index (χ0n) is 16.9. The molecule has 0 bridgehead atoms. The highest BCUT2D eigenvalue weighted by atomic mass is 19.4. The molecule has 1 aliphatic heterocycles. The summed E-state index contributed by atoms with van der Waals surface area (Å²) < 4.78 is 39.1. The molecule has 1 unspecified atom stereocenters. The summed E-state index contributed by atoms with van der Waals surface area (Å²) in [7, 11) is 0. The fourth-order valence-corrected chi connectivity index (χ4v) is 3.88. The average molecular weight is 415 g/mol. The lowest BCUT2D eigenvalue weighted by Crippen LogP contribution is -2.39. The Morgan fingerprint density at radius 2 is 1.83 bits per heavy atom. The molecule has 2 heterocycles. The Morgan fingerprint density at radius 1 is 1.10 bits per heavy atom. The van der Waals surface area contributed by atoms with E-state index >= 15 is 0 Å². The van der Waals surface area contributed by atoms with Crippen LogP contribution in [0.15, 0.2) is 48.5 Å². The number of halogens is 3. The predicted octanol–water partition coefficient (Wildman–Crippen LogP) is 5.11. The van der Waals surface area contributed by atoms with Crippen LogP contribution in [0.2, 0.25) is 0 Å². The summed E-state index contributed by atoms with van der Waals surface area (Å²) in [5.41, 5.74) is 3.27. The first-order chi connectivity index (χ1) is 14.1. The van der Waals surface area contributed by atoms with Crippen LogP contribution in [0.5, 0.6) is 0 Å². The first-order valence-corrected chi connectivity index (χ1v) is 9.94. The van der Waals surface area contributed by atoms with Crippen LogP contribution in [0.25, 0.3) is 11.3 Å². The fourth-order valence-electron chi connectivity index (χ4n) is 3.88. The minimum atomic E-state index is -4.72. The minimum absolute atomic E-state index is 0.156. The second kappa shape index (κ2) is 7.47. The lowest BCUT2D eigenvalue weighted by Gasteiger charge is -2.32. The average Bonchev–Trinajstić information content (AvgIpc) is 3.14. The monoisotopic (exact) mass is 415 g/mol. The molecule has 0 fully saturated rings. The molecule has 1 aliphatic rings. The fraction of sp³-hybridized carbons (Fsp3) is 0.348. The van der Waals surface area contributed by atoms with E-state index < -0.39 is 11.8 Å². The smallest absolute Gasteiger partial charge is 0.376 e. The van der Waals surface area contributed by atoms with Crippen molar-refractivity contribution in [3.8, 4) is 11.3 Å². The molecule has 0 amide bonds. The van der Waals surface area contributed by atoms with Gasteiger partial charge in [0, 0.05) is 30.0 Å². The van der Waals surface area contributed by atoms with Crippen molar-refractivity contribution in [1.29, 1.82) is 0 Å². The molecule has 4 rings (SSSR count). The molecular weight excluding hydrogens is 391 g/mol. The molecule has 1 atom stereocenters. The molecule has 0 radical (unpaired) electrons. The second-order valence-electron chi connectivity index (χ2n) is 8.07. The maximum atomic E-state index is 13.0. The van der Waals surface area contributed by atoms with Crippen molar-refractivity contribution in [1.82, 2.24) is 10.2 Å². The Kier molecular flexibility index (Phi) is 5.10. The number of hydrogen-bond acceptors (Lipinski definition) is 3. The van der Waals surface area contributed by atoms with Gasteiger partial charge in [-0.25, -0.2) is 0 Å². The molecule has 0 aliphatic carbocycles. The Hall–Kier alpha value is -2.80. The van der Waals surface area contributed by atoms with E-state index in [0.29, 0.717) is 6.54 Å². The molecule has 4 nitrogen and oxygen atoms in total. The predicted molar refractivity (Wildman–Crippen MR) is 110 cm³/mol. The summed E-state index contributed by atoms with van der Waals surface area (Å²) in [5.74, 6) is 0. The summed E-state index contributed by atoms with van der Waals surface area (Å²) in [6.45, 7) is 4.23. The van der Waals surface area contributed by atoms with Crippen molar-refractivity contribution in [3.05, 3.63) is 70.9 Å². The lowest BCUT2D eigenvalue weighted by atomic mass is 9.94. The molecule has 2 N–H and O–H groups in total. The first kappa shape index (κ1) is 20.5. The quantitative estimate of drug-likeness (QED) is 0.623. The van der Waals surface area contributed by atoms with Crippen LogP contribution < -0.4 is 4.90 Å². The van der Waals surface area contributed by atoms with E-state index in [9.17, 15) is 18.3 Å². The van der Waals surface area contributed by atoms with E-state index in [1.54, 1.807) is 12.1 Å². The third kappa shape index (κ3) is 3.81. The van der Waals surface area contributed by atoms with Crippen LogP contribution in [0.1, 0.15) is 35.7 Å². The van der Waals surface area contributed by atoms with Crippen molar-refractivity contribution in [2.24, 2.45) is 0 Å². The third-order valence-corrected chi connectivity index (χ3v) is 5.74.